The zero-order valence-electron chi connectivity index (χ0n) is 14.2. The molecule has 0 unspecified atom stereocenters. The second-order valence-corrected chi connectivity index (χ2v) is 7.31. The van der Waals surface area contributed by atoms with Gasteiger partial charge in [-0.3, -0.25) is 0 Å². The molecule has 0 bridgehead atoms. The van der Waals surface area contributed by atoms with Gasteiger partial charge in [0, 0.05) is 19.6 Å². The van der Waals surface area contributed by atoms with Crippen LogP contribution in [0.15, 0.2) is 30.3 Å². The maximum Gasteiger partial charge on any atom is 0.317 e. The Balaban J connectivity index is 1.37. The Labute approximate surface area is 140 Å². The van der Waals surface area contributed by atoms with Crippen LogP contribution >= 0.6 is 0 Å². The van der Waals surface area contributed by atoms with E-state index in [0.29, 0.717) is 5.92 Å². The fourth-order valence-electron chi connectivity index (χ4n) is 4.02. The molecule has 1 heterocycles. The first-order valence-corrected chi connectivity index (χ1v) is 9.38. The zero-order valence-corrected chi connectivity index (χ0v) is 14.2. The van der Waals surface area contributed by atoms with E-state index in [0.717, 1.165) is 44.8 Å². The molecule has 1 aromatic carbocycles. The van der Waals surface area contributed by atoms with E-state index in [4.69, 9.17) is 0 Å². The average molecular weight is 314 g/mol. The Hall–Kier alpha value is -1.51. The highest BCUT2D eigenvalue weighted by Crippen LogP contribution is 2.24. The number of nitrogens with one attached hydrogen (secondary N) is 1. The predicted octanol–water partition coefficient (Wildman–Crippen LogP) is 4.23. The zero-order chi connectivity index (χ0) is 15.9. The molecule has 1 N–H and O–H groups in total. The van der Waals surface area contributed by atoms with Gasteiger partial charge in [0.15, 0.2) is 0 Å². The van der Waals surface area contributed by atoms with Gasteiger partial charge in [-0.05, 0) is 49.5 Å². The minimum Gasteiger partial charge on any atom is -0.338 e. The Morgan fingerprint density at radius 1 is 0.957 bits per heavy atom. The van der Waals surface area contributed by atoms with Crippen LogP contribution in [-0.2, 0) is 6.42 Å². The normalized spacial score (nSPS) is 20.4. The van der Waals surface area contributed by atoms with E-state index in [1.165, 1.54) is 37.7 Å². The second-order valence-electron chi connectivity index (χ2n) is 7.31. The van der Waals surface area contributed by atoms with Crippen molar-refractivity contribution in [2.24, 2.45) is 11.8 Å². The Morgan fingerprint density at radius 3 is 2.35 bits per heavy atom. The van der Waals surface area contributed by atoms with Crippen LogP contribution in [0.1, 0.15) is 50.5 Å². The van der Waals surface area contributed by atoms with E-state index >= 15 is 0 Å². The molecule has 0 spiro atoms. The first-order chi connectivity index (χ1) is 11.3. The van der Waals surface area contributed by atoms with Crippen LogP contribution in [0.2, 0.25) is 0 Å². The number of carbonyl (C=O) groups excluding carboxylic acids is 1. The van der Waals surface area contributed by atoms with E-state index in [9.17, 15) is 4.79 Å². The molecule has 1 aliphatic heterocycles. The average Bonchev–Trinajstić information content (AvgIpc) is 2.62. The summed E-state index contributed by atoms with van der Waals surface area (Å²) in [5, 5.41) is 3.17. The van der Waals surface area contributed by atoms with Gasteiger partial charge < -0.3 is 10.2 Å². The molecule has 3 rings (SSSR count). The summed E-state index contributed by atoms with van der Waals surface area (Å²) >= 11 is 0. The van der Waals surface area contributed by atoms with Gasteiger partial charge >= 0.3 is 6.03 Å². The number of likely N-dealkylation sites (tertiary alicyclic amines) is 1. The number of piperidine rings is 1. The summed E-state index contributed by atoms with van der Waals surface area (Å²) in [4.78, 5) is 14.3. The largest absolute Gasteiger partial charge is 0.338 e. The Kier molecular flexibility index (Phi) is 5.95. The van der Waals surface area contributed by atoms with Gasteiger partial charge in [0.05, 0.1) is 0 Å². The van der Waals surface area contributed by atoms with Crippen LogP contribution in [0.4, 0.5) is 4.79 Å². The van der Waals surface area contributed by atoms with E-state index in [1.54, 1.807) is 0 Å². The number of rotatable bonds is 4. The first-order valence-electron chi connectivity index (χ1n) is 9.38. The molecule has 0 radical (unpaired) electrons. The second kappa shape index (κ2) is 8.37. The summed E-state index contributed by atoms with van der Waals surface area (Å²) < 4.78 is 0. The molecular formula is C20H30N2O. The highest BCUT2D eigenvalue weighted by Gasteiger charge is 2.23. The van der Waals surface area contributed by atoms with Crippen LogP contribution in [0.3, 0.4) is 0 Å². The predicted molar refractivity (Wildman–Crippen MR) is 94.4 cm³/mol. The monoisotopic (exact) mass is 314 g/mol. The Bertz CT molecular complexity index is 474. The molecule has 1 saturated heterocycles. The highest BCUT2D eigenvalue weighted by atomic mass is 16.2. The highest BCUT2D eigenvalue weighted by molar-refractivity contribution is 5.74. The standard InChI is InChI=1S/C20H30N2O/c23-20(21-16-19-9-5-2-6-10-19)22-13-11-18(12-14-22)15-17-7-3-1-4-8-17/h1,3-4,7-8,18-19H,2,5-6,9-16H2,(H,21,23). The number of nitrogens with zero attached hydrogens (tertiary/aromatic N) is 1. The molecule has 1 saturated carbocycles. The third kappa shape index (κ3) is 4.98. The fourth-order valence-corrected chi connectivity index (χ4v) is 4.02. The number of benzene rings is 1. The van der Waals surface area contributed by atoms with Crippen molar-refractivity contribution in [1.29, 1.82) is 0 Å². The van der Waals surface area contributed by atoms with Gasteiger partial charge in [-0.25, -0.2) is 4.79 Å². The van der Waals surface area contributed by atoms with Crippen LogP contribution in [-0.4, -0.2) is 30.6 Å². The maximum atomic E-state index is 12.3. The minimum atomic E-state index is 0.161. The van der Waals surface area contributed by atoms with Crippen molar-refractivity contribution < 1.29 is 4.79 Å². The minimum absolute atomic E-state index is 0.161. The van der Waals surface area contributed by atoms with Crippen molar-refractivity contribution in [3.05, 3.63) is 35.9 Å². The number of hydrogen-bond acceptors (Lipinski definition) is 1. The first kappa shape index (κ1) is 16.4. The summed E-state index contributed by atoms with van der Waals surface area (Å²) in [5.41, 5.74) is 1.42. The van der Waals surface area contributed by atoms with Gasteiger partial charge in [0.1, 0.15) is 0 Å². The lowest BCUT2D eigenvalue weighted by Gasteiger charge is -2.33. The molecule has 1 aliphatic carbocycles. The molecule has 1 aromatic rings. The van der Waals surface area contributed by atoms with Crippen molar-refractivity contribution in [2.45, 2.75) is 51.4 Å². The third-order valence-electron chi connectivity index (χ3n) is 5.54. The molecule has 23 heavy (non-hydrogen) atoms. The molecule has 0 atom stereocenters. The molecule has 2 aliphatic rings. The van der Waals surface area contributed by atoms with Crippen LogP contribution < -0.4 is 5.32 Å². The quantitative estimate of drug-likeness (QED) is 0.886. The molecule has 2 fully saturated rings. The van der Waals surface area contributed by atoms with Crippen LogP contribution in [0.25, 0.3) is 0 Å². The van der Waals surface area contributed by atoms with Crippen molar-refractivity contribution in [3.8, 4) is 0 Å². The molecule has 0 aromatic heterocycles. The van der Waals surface area contributed by atoms with Crippen LogP contribution in [0, 0.1) is 11.8 Å². The third-order valence-corrected chi connectivity index (χ3v) is 5.54. The number of hydrogen-bond donors (Lipinski definition) is 1. The van der Waals surface area contributed by atoms with Crippen molar-refractivity contribution in [3.63, 3.8) is 0 Å². The summed E-state index contributed by atoms with van der Waals surface area (Å²) in [7, 11) is 0. The van der Waals surface area contributed by atoms with E-state index < -0.39 is 0 Å². The van der Waals surface area contributed by atoms with Gasteiger partial charge in [0.2, 0.25) is 0 Å². The fraction of sp³-hybridized carbons (Fsp3) is 0.650. The topological polar surface area (TPSA) is 32.3 Å². The molecular weight excluding hydrogens is 284 g/mol. The lowest BCUT2D eigenvalue weighted by molar-refractivity contribution is 0.167. The summed E-state index contributed by atoms with van der Waals surface area (Å²) in [5.74, 6) is 1.43. The number of amides is 2. The van der Waals surface area contributed by atoms with Crippen molar-refractivity contribution >= 4 is 6.03 Å². The van der Waals surface area contributed by atoms with E-state index in [1.807, 2.05) is 4.90 Å². The lowest BCUT2D eigenvalue weighted by atomic mass is 9.89. The SMILES string of the molecule is O=C(NCC1CCCCC1)N1CCC(Cc2ccccc2)CC1. The Morgan fingerprint density at radius 2 is 1.65 bits per heavy atom. The van der Waals surface area contributed by atoms with Gasteiger partial charge in [-0.15, -0.1) is 0 Å². The molecule has 3 heteroatoms. The maximum absolute atomic E-state index is 12.3. The number of carbonyl (C=O) groups is 1. The lowest BCUT2D eigenvalue weighted by Crippen LogP contribution is -2.46. The molecule has 3 nitrogen and oxygen atoms in total. The van der Waals surface area contributed by atoms with Gasteiger partial charge in [-0.1, -0.05) is 49.6 Å². The van der Waals surface area contributed by atoms with E-state index in [-0.39, 0.29) is 6.03 Å². The van der Waals surface area contributed by atoms with Crippen LogP contribution in [0.5, 0.6) is 0 Å². The van der Waals surface area contributed by atoms with Crippen molar-refractivity contribution in [2.75, 3.05) is 19.6 Å². The summed E-state index contributed by atoms with van der Waals surface area (Å²) in [6.45, 7) is 2.70. The van der Waals surface area contributed by atoms with Gasteiger partial charge in [-0.2, -0.15) is 0 Å². The smallest absolute Gasteiger partial charge is 0.317 e. The number of urea groups is 1. The van der Waals surface area contributed by atoms with Crippen molar-refractivity contribution in [1.82, 2.24) is 10.2 Å². The summed E-state index contributed by atoms with van der Waals surface area (Å²) in [6, 6.07) is 10.9. The van der Waals surface area contributed by atoms with E-state index in [2.05, 4.69) is 35.6 Å². The molecule has 2 amide bonds. The summed E-state index contributed by atoms with van der Waals surface area (Å²) in [6.07, 6.45) is 10.0. The molecule has 126 valence electrons. The van der Waals surface area contributed by atoms with Gasteiger partial charge in [0.25, 0.3) is 0 Å².